The van der Waals surface area contributed by atoms with Crippen LogP contribution < -0.4 is 15.4 Å². The van der Waals surface area contributed by atoms with E-state index in [0.29, 0.717) is 38.5 Å². The molecule has 132 valence electrons. The van der Waals surface area contributed by atoms with Gasteiger partial charge >= 0.3 is 0 Å². The van der Waals surface area contributed by atoms with Crippen LogP contribution in [0.4, 0.5) is 5.69 Å². The predicted molar refractivity (Wildman–Crippen MR) is 90.0 cm³/mol. The van der Waals surface area contributed by atoms with Gasteiger partial charge in [0.25, 0.3) is 15.9 Å². The minimum Gasteiger partial charge on any atom is -0.494 e. The lowest BCUT2D eigenvalue weighted by Gasteiger charge is -2.18. The van der Waals surface area contributed by atoms with Crippen molar-refractivity contribution in [1.82, 2.24) is 5.32 Å². The number of rotatable bonds is 8. The second-order valence-corrected chi connectivity index (χ2v) is 6.51. The van der Waals surface area contributed by atoms with E-state index in [9.17, 15) is 13.2 Å². The van der Waals surface area contributed by atoms with Gasteiger partial charge in [-0.25, -0.2) is 0 Å². The highest BCUT2D eigenvalue weighted by atomic mass is 32.2. The lowest BCUT2D eigenvalue weighted by molar-refractivity contribution is -0.114. The van der Waals surface area contributed by atoms with Gasteiger partial charge in [0.2, 0.25) is 5.84 Å². The maximum atomic E-state index is 12.2. The number of nitrogens with zero attached hydrogens (tertiary/aromatic N) is 1. The number of benzene rings is 1. The summed E-state index contributed by atoms with van der Waals surface area (Å²) in [5.74, 6) is -0.326. The summed E-state index contributed by atoms with van der Waals surface area (Å²) in [4.78, 5) is 12.1. The standard InChI is InChI=1S/C15H21N3O5S/c1-3-22-9-5-8-16-15(19)14-17-12-10-11(23-4-2)6-7-13(12)24(20,21)18-14/h6-7,10H,3-5,8-9H2,1-2H3,(H,16,19)(H,17,18). The number of sulfonamides is 1. The molecule has 1 aromatic carbocycles. The molecule has 0 fully saturated rings. The lowest BCUT2D eigenvalue weighted by Crippen LogP contribution is -2.38. The molecule has 24 heavy (non-hydrogen) atoms. The van der Waals surface area contributed by atoms with Gasteiger partial charge in [-0.2, -0.15) is 8.42 Å². The third-order valence-corrected chi connectivity index (χ3v) is 4.51. The van der Waals surface area contributed by atoms with Gasteiger partial charge in [-0.15, -0.1) is 4.40 Å². The first-order chi connectivity index (χ1) is 11.5. The summed E-state index contributed by atoms with van der Waals surface area (Å²) in [6, 6.07) is 4.49. The monoisotopic (exact) mass is 355 g/mol. The van der Waals surface area contributed by atoms with Crippen molar-refractivity contribution < 1.29 is 22.7 Å². The van der Waals surface area contributed by atoms with E-state index in [1.165, 1.54) is 12.1 Å². The summed E-state index contributed by atoms with van der Waals surface area (Å²) in [5, 5.41) is 5.36. The molecule has 0 spiro atoms. The highest BCUT2D eigenvalue weighted by Gasteiger charge is 2.28. The molecule has 2 N–H and O–H groups in total. The molecule has 1 amide bonds. The van der Waals surface area contributed by atoms with Gasteiger partial charge in [-0.1, -0.05) is 0 Å². The molecule has 1 heterocycles. The van der Waals surface area contributed by atoms with Gasteiger partial charge in [-0.05, 0) is 32.4 Å². The van der Waals surface area contributed by atoms with E-state index in [0.717, 1.165) is 0 Å². The molecule has 0 bridgehead atoms. The van der Waals surface area contributed by atoms with Crippen LogP contribution in [-0.2, 0) is 19.6 Å². The maximum Gasteiger partial charge on any atom is 0.287 e. The molecular formula is C15H21N3O5S. The Morgan fingerprint density at radius 1 is 1.29 bits per heavy atom. The summed E-state index contributed by atoms with van der Waals surface area (Å²) < 4.78 is 38.5. The van der Waals surface area contributed by atoms with Gasteiger partial charge < -0.3 is 20.1 Å². The van der Waals surface area contributed by atoms with E-state index in [2.05, 4.69) is 15.0 Å². The van der Waals surface area contributed by atoms with Crippen molar-refractivity contribution in [1.29, 1.82) is 0 Å². The minimum absolute atomic E-state index is 0.0128. The molecule has 1 aromatic rings. The molecule has 2 rings (SSSR count). The number of ether oxygens (including phenoxy) is 2. The molecule has 9 heteroatoms. The average molecular weight is 355 g/mol. The summed E-state index contributed by atoms with van der Waals surface area (Å²) in [6.45, 7) is 5.66. The number of hydrogen-bond acceptors (Lipinski definition) is 6. The SMILES string of the molecule is CCOCCCNC(=O)C1=NS(=O)(=O)c2ccc(OCC)cc2N1. The van der Waals surface area contributed by atoms with Crippen molar-refractivity contribution >= 4 is 27.5 Å². The molecular weight excluding hydrogens is 334 g/mol. The minimum atomic E-state index is -3.92. The third kappa shape index (κ3) is 4.45. The van der Waals surface area contributed by atoms with Gasteiger partial charge in [0, 0.05) is 25.8 Å². The Balaban J connectivity index is 2.09. The van der Waals surface area contributed by atoms with Gasteiger partial charge in [0.15, 0.2) is 0 Å². The Kier molecular flexibility index (Phi) is 6.16. The molecule has 8 nitrogen and oxygen atoms in total. The van der Waals surface area contributed by atoms with E-state index in [-0.39, 0.29) is 16.4 Å². The quantitative estimate of drug-likeness (QED) is 0.678. The fourth-order valence-electron chi connectivity index (χ4n) is 2.11. The fourth-order valence-corrected chi connectivity index (χ4v) is 3.21. The van der Waals surface area contributed by atoms with Crippen molar-refractivity contribution in [3.8, 4) is 5.75 Å². The van der Waals surface area contributed by atoms with Crippen LogP contribution in [0.15, 0.2) is 27.5 Å². The Morgan fingerprint density at radius 3 is 2.79 bits per heavy atom. The highest BCUT2D eigenvalue weighted by molar-refractivity contribution is 7.90. The van der Waals surface area contributed by atoms with Crippen molar-refractivity contribution in [3.05, 3.63) is 18.2 Å². The first-order valence-electron chi connectivity index (χ1n) is 7.72. The number of hydrogen-bond donors (Lipinski definition) is 2. The van der Waals surface area contributed by atoms with Crippen LogP contribution in [0.5, 0.6) is 5.75 Å². The molecule has 1 aliphatic heterocycles. The first kappa shape index (κ1) is 18.2. The van der Waals surface area contributed by atoms with E-state index >= 15 is 0 Å². The summed E-state index contributed by atoms with van der Waals surface area (Å²) in [5.41, 5.74) is 0.274. The Morgan fingerprint density at radius 2 is 2.08 bits per heavy atom. The van der Waals surface area contributed by atoms with Gasteiger partial charge in [0.1, 0.15) is 10.6 Å². The topological polar surface area (TPSA) is 106 Å². The number of nitrogens with one attached hydrogen (secondary N) is 2. The zero-order valence-electron chi connectivity index (χ0n) is 13.7. The predicted octanol–water partition coefficient (Wildman–Crippen LogP) is 1.14. The second kappa shape index (κ2) is 8.11. The number of fused-ring (bicyclic) bond motifs is 1. The van der Waals surface area contributed by atoms with Crippen LogP contribution in [0.25, 0.3) is 0 Å². The average Bonchev–Trinajstić information content (AvgIpc) is 2.53. The van der Waals surface area contributed by atoms with E-state index < -0.39 is 15.9 Å². The van der Waals surface area contributed by atoms with E-state index in [1.807, 2.05) is 13.8 Å². The second-order valence-electron chi connectivity index (χ2n) is 4.94. The van der Waals surface area contributed by atoms with Gasteiger partial charge in [0.05, 0.1) is 12.3 Å². The van der Waals surface area contributed by atoms with Crippen LogP contribution in [0, 0.1) is 0 Å². The van der Waals surface area contributed by atoms with Crippen LogP contribution in [0.1, 0.15) is 20.3 Å². The fraction of sp³-hybridized carbons (Fsp3) is 0.467. The smallest absolute Gasteiger partial charge is 0.287 e. The summed E-state index contributed by atoms with van der Waals surface area (Å²) in [6.07, 6.45) is 0.630. The molecule has 1 aliphatic rings. The molecule has 0 saturated heterocycles. The summed E-state index contributed by atoms with van der Waals surface area (Å²) >= 11 is 0. The number of carbonyl (C=O) groups is 1. The van der Waals surface area contributed by atoms with Crippen LogP contribution in [0.2, 0.25) is 0 Å². The zero-order chi connectivity index (χ0) is 17.6. The zero-order valence-corrected chi connectivity index (χ0v) is 14.5. The largest absolute Gasteiger partial charge is 0.494 e. The van der Waals surface area contributed by atoms with Crippen molar-refractivity contribution in [2.75, 3.05) is 31.7 Å². The number of carbonyl (C=O) groups excluding carboxylic acids is 1. The number of anilines is 1. The van der Waals surface area contributed by atoms with Crippen LogP contribution in [-0.4, -0.2) is 46.5 Å². The summed E-state index contributed by atoms with van der Waals surface area (Å²) in [7, 11) is -3.92. The van der Waals surface area contributed by atoms with Crippen LogP contribution >= 0.6 is 0 Å². The molecule has 0 saturated carbocycles. The van der Waals surface area contributed by atoms with Gasteiger partial charge in [-0.3, -0.25) is 4.79 Å². The van der Waals surface area contributed by atoms with Crippen molar-refractivity contribution in [2.24, 2.45) is 4.40 Å². The molecule has 0 unspecified atom stereocenters. The lowest BCUT2D eigenvalue weighted by atomic mass is 10.3. The van der Waals surface area contributed by atoms with Crippen molar-refractivity contribution in [3.63, 3.8) is 0 Å². The number of amides is 1. The third-order valence-electron chi connectivity index (χ3n) is 3.17. The normalized spacial score (nSPS) is 15.0. The van der Waals surface area contributed by atoms with Crippen molar-refractivity contribution in [2.45, 2.75) is 25.2 Å². The van der Waals surface area contributed by atoms with E-state index in [1.54, 1.807) is 6.07 Å². The number of amidine groups is 1. The molecule has 0 aliphatic carbocycles. The molecule has 0 radical (unpaired) electrons. The molecule has 0 aromatic heterocycles. The van der Waals surface area contributed by atoms with E-state index in [4.69, 9.17) is 9.47 Å². The maximum absolute atomic E-state index is 12.2. The Hall–Kier alpha value is -2.13. The Bertz CT molecular complexity index is 731. The molecule has 0 atom stereocenters. The highest BCUT2D eigenvalue weighted by Crippen LogP contribution is 2.30. The van der Waals surface area contributed by atoms with Crippen LogP contribution in [0.3, 0.4) is 0 Å². The Labute approximate surface area is 141 Å². The first-order valence-corrected chi connectivity index (χ1v) is 9.16.